The topological polar surface area (TPSA) is 63.2 Å². The average molecular weight is 245 g/mol. The van der Waals surface area contributed by atoms with E-state index in [1.165, 1.54) is 11.4 Å². The minimum absolute atomic E-state index is 0.463. The van der Waals surface area contributed by atoms with Crippen LogP contribution in [0.3, 0.4) is 0 Å². The third-order valence-electron chi connectivity index (χ3n) is 2.19. The highest BCUT2D eigenvalue weighted by atomic mass is 16.7. The van der Waals surface area contributed by atoms with Crippen molar-refractivity contribution in [2.24, 2.45) is 0 Å². The SMILES string of the molecule is CCON(C)c1ncnc(Nc2ccccc2)n1. The van der Waals surface area contributed by atoms with Gasteiger partial charge in [0.15, 0.2) is 0 Å². The Morgan fingerprint density at radius 1 is 1.22 bits per heavy atom. The average Bonchev–Trinajstić information content (AvgIpc) is 2.40. The third kappa shape index (κ3) is 3.14. The van der Waals surface area contributed by atoms with Gasteiger partial charge in [-0.15, -0.1) is 0 Å². The Bertz CT molecular complexity index is 491. The van der Waals surface area contributed by atoms with Gasteiger partial charge in [0.25, 0.3) is 5.95 Å². The summed E-state index contributed by atoms with van der Waals surface area (Å²) in [6.45, 7) is 2.46. The maximum absolute atomic E-state index is 5.29. The van der Waals surface area contributed by atoms with Crippen molar-refractivity contribution in [3.8, 4) is 0 Å². The first kappa shape index (κ1) is 12.3. The van der Waals surface area contributed by atoms with E-state index in [4.69, 9.17) is 4.84 Å². The van der Waals surface area contributed by atoms with E-state index in [2.05, 4.69) is 20.3 Å². The number of benzene rings is 1. The van der Waals surface area contributed by atoms with Gasteiger partial charge in [-0.3, -0.25) is 4.84 Å². The molecule has 1 aromatic carbocycles. The molecule has 6 heteroatoms. The summed E-state index contributed by atoms with van der Waals surface area (Å²) in [5.74, 6) is 0.947. The first-order valence-electron chi connectivity index (χ1n) is 5.67. The van der Waals surface area contributed by atoms with Gasteiger partial charge in [0, 0.05) is 12.7 Å². The lowest BCUT2D eigenvalue weighted by atomic mass is 10.3. The van der Waals surface area contributed by atoms with Crippen LogP contribution in [0.5, 0.6) is 0 Å². The van der Waals surface area contributed by atoms with Gasteiger partial charge in [-0.05, 0) is 19.1 Å². The number of nitrogens with one attached hydrogen (secondary N) is 1. The van der Waals surface area contributed by atoms with Crippen molar-refractivity contribution in [2.75, 3.05) is 24.0 Å². The molecule has 0 amide bonds. The summed E-state index contributed by atoms with van der Waals surface area (Å²) in [5, 5.41) is 4.61. The molecule has 0 aliphatic heterocycles. The zero-order chi connectivity index (χ0) is 12.8. The summed E-state index contributed by atoms with van der Waals surface area (Å²) in [5.41, 5.74) is 0.925. The summed E-state index contributed by atoms with van der Waals surface area (Å²) in [7, 11) is 1.76. The minimum Gasteiger partial charge on any atom is -0.324 e. The molecule has 18 heavy (non-hydrogen) atoms. The lowest BCUT2D eigenvalue weighted by molar-refractivity contribution is 0.131. The fourth-order valence-corrected chi connectivity index (χ4v) is 1.40. The maximum Gasteiger partial charge on any atom is 0.254 e. The molecule has 2 rings (SSSR count). The summed E-state index contributed by atoms with van der Waals surface area (Å²) in [4.78, 5) is 17.6. The summed E-state index contributed by atoms with van der Waals surface area (Å²) in [6.07, 6.45) is 1.45. The Labute approximate surface area is 106 Å². The lowest BCUT2D eigenvalue weighted by Crippen LogP contribution is -2.20. The van der Waals surface area contributed by atoms with E-state index in [0.29, 0.717) is 18.5 Å². The van der Waals surface area contributed by atoms with Crippen LogP contribution in [0.15, 0.2) is 36.7 Å². The monoisotopic (exact) mass is 245 g/mol. The van der Waals surface area contributed by atoms with E-state index in [-0.39, 0.29) is 0 Å². The van der Waals surface area contributed by atoms with Crippen molar-refractivity contribution in [1.29, 1.82) is 0 Å². The molecule has 0 aliphatic carbocycles. The predicted molar refractivity (Wildman–Crippen MR) is 69.6 cm³/mol. The van der Waals surface area contributed by atoms with E-state index in [0.717, 1.165) is 5.69 Å². The number of aromatic nitrogens is 3. The van der Waals surface area contributed by atoms with Gasteiger partial charge in [0.1, 0.15) is 6.33 Å². The van der Waals surface area contributed by atoms with Crippen molar-refractivity contribution in [2.45, 2.75) is 6.92 Å². The van der Waals surface area contributed by atoms with Crippen LogP contribution in [0.4, 0.5) is 17.6 Å². The minimum atomic E-state index is 0.463. The van der Waals surface area contributed by atoms with E-state index in [1.54, 1.807) is 7.05 Å². The number of para-hydroxylation sites is 1. The van der Waals surface area contributed by atoms with Gasteiger partial charge in [0.2, 0.25) is 5.95 Å². The van der Waals surface area contributed by atoms with Gasteiger partial charge < -0.3 is 5.32 Å². The molecule has 0 atom stereocenters. The molecule has 0 unspecified atom stereocenters. The second-order valence-electron chi connectivity index (χ2n) is 3.52. The van der Waals surface area contributed by atoms with Crippen LogP contribution in [0, 0.1) is 0 Å². The molecule has 0 aliphatic rings. The molecule has 1 heterocycles. The Kier molecular flexibility index (Phi) is 4.03. The Balaban J connectivity index is 2.12. The number of hydrogen-bond acceptors (Lipinski definition) is 6. The summed E-state index contributed by atoms with van der Waals surface area (Å²) >= 11 is 0. The molecule has 6 nitrogen and oxygen atoms in total. The molecule has 1 aromatic heterocycles. The second kappa shape index (κ2) is 5.92. The third-order valence-corrected chi connectivity index (χ3v) is 2.19. The molecular weight excluding hydrogens is 230 g/mol. The van der Waals surface area contributed by atoms with Gasteiger partial charge >= 0.3 is 0 Å². The van der Waals surface area contributed by atoms with Crippen LogP contribution in [0.2, 0.25) is 0 Å². The van der Waals surface area contributed by atoms with Crippen LogP contribution in [0.25, 0.3) is 0 Å². The number of nitrogens with zero attached hydrogens (tertiary/aromatic N) is 4. The zero-order valence-electron chi connectivity index (χ0n) is 10.4. The molecule has 2 aromatic rings. The smallest absolute Gasteiger partial charge is 0.254 e. The van der Waals surface area contributed by atoms with E-state index in [9.17, 15) is 0 Å². The van der Waals surface area contributed by atoms with Gasteiger partial charge in [-0.1, -0.05) is 18.2 Å². The molecule has 0 saturated carbocycles. The molecule has 0 fully saturated rings. The maximum atomic E-state index is 5.29. The number of hydroxylamine groups is 1. The van der Waals surface area contributed by atoms with Crippen molar-refractivity contribution in [3.05, 3.63) is 36.7 Å². The molecule has 0 saturated heterocycles. The predicted octanol–water partition coefficient (Wildman–Crippen LogP) is 2.00. The zero-order valence-corrected chi connectivity index (χ0v) is 10.4. The van der Waals surface area contributed by atoms with Crippen LogP contribution in [-0.4, -0.2) is 28.6 Å². The highest BCUT2D eigenvalue weighted by molar-refractivity contribution is 5.53. The highest BCUT2D eigenvalue weighted by Gasteiger charge is 2.06. The largest absolute Gasteiger partial charge is 0.324 e. The number of rotatable bonds is 5. The molecule has 94 valence electrons. The number of anilines is 3. The van der Waals surface area contributed by atoms with Crippen molar-refractivity contribution >= 4 is 17.6 Å². The van der Waals surface area contributed by atoms with Crippen molar-refractivity contribution < 1.29 is 4.84 Å². The van der Waals surface area contributed by atoms with E-state index >= 15 is 0 Å². The quantitative estimate of drug-likeness (QED) is 0.813. The molecule has 0 spiro atoms. The first-order chi connectivity index (χ1) is 8.79. The molecular formula is C12H15N5O. The summed E-state index contributed by atoms with van der Waals surface area (Å²) in [6, 6.07) is 9.71. The van der Waals surface area contributed by atoms with E-state index < -0.39 is 0 Å². The number of hydrogen-bond donors (Lipinski definition) is 1. The van der Waals surface area contributed by atoms with Gasteiger partial charge in [0.05, 0.1) is 6.61 Å². The highest BCUT2D eigenvalue weighted by Crippen LogP contribution is 2.13. The first-order valence-corrected chi connectivity index (χ1v) is 5.67. The van der Waals surface area contributed by atoms with Crippen LogP contribution in [-0.2, 0) is 4.84 Å². The lowest BCUT2D eigenvalue weighted by Gasteiger charge is -2.15. The fraction of sp³-hybridized carbons (Fsp3) is 0.250. The molecule has 0 radical (unpaired) electrons. The molecule has 1 N–H and O–H groups in total. The van der Waals surface area contributed by atoms with Crippen molar-refractivity contribution in [1.82, 2.24) is 15.0 Å². The standard InChI is InChI=1S/C12H15N5O/c1-3-18-17(2)12-14-9-13-11(16-12)15-10-7-5-4-6-8-10/h4-9H,3H2,1-2H3,(H,13,14,15,16). The Hall–Kier alpha value is -2.21. The normalized spacial score (nSPS) is 10.1. The fourth-order valence-electron chi connectivity index (χ4n) is 1.40. The van der Waals surface area contributed by atoms with Crippen LogP contribution >= 0.6 is 0 Å². The Morgan fingerprint density at radius 3 is 2.72 bits per heavy atom. The van der Waals surface area contributed by atoms with E-state index in [1.807, 2.05) is 37.3 Å². The second-order valence-corrected chi connectivity index (χ2v) is 3.52. The summed E-state index contributed by atoms with van der Waals surface area (Å²) < 4.78 is 0. The van der Waals surface area contributed by atoms with Gasteiger partial charge in [-0.2, -0.15) is 9.97 Å². The Morgan fingerprint density at radius 2 is 2.00 bits per heavy atom. The molecule has 0 bridgehead atoms. The van der Waals surface area contributed by atoms with Crippen LogP contribution in [0.1, 0.15) is 6.92 Å². The van der Waals surface area contributed by atoms with Crippen LogP contribution < -0.4 is 10.4 Å². The van der Waals surface area contributed by atoms with Crippen molar-refractivity contribution in [3.63, 3.8) is 0 Å². The van der Waals surface area contributed by atoms with Gasteiger partial charge in [-0.25, -0.2) is 10.0 Å².